The fourth-order valence-electron chi connectivity index (χ4n) is 1.78. The molecule has 0 aliphatic heterocycles. The van der Waals surface area contributed by atoms with E-state index < -0.39 is 0 Å². The lowest BCUT2D eigenvalue weighted by molar-refractivity contribution is 0.0955. The minimum Gasteiger partial charge on any atom is -0.349 e. The van der Waals surface area contributed by atoms with E-state index in [0.717, 1.165) is 22.7 Å². The second-order valence-electron chi connectivity index (χ2n) is 4.49. The molecule has 1 amide bonds. The fraction of sp³-hybridized carbons (Fsp3) is 0.333. The molecule has 1 saturated carbocycles. The third kappa shape index (κ3) is 1.99. The maximum atomic E-state index is 12.0. The Morgan fingerprint density at radius 2 is 2.28 bits per heavy atom. The molecule has 0 atom stereocenters. The van der Waals surface area contributed by atoms with Crippen molar-refractivity contribution in [3.05, 3.63) is 32.0 Å². The van der Waals surface area contributed by atoms with E-state index in [2.05, 4.69) is 21.2 Å². The molecular formula is C12H11BrN2O2S. The second-order valence-corrected chi connectivity index (χ2v) is 6.40. The Balaban J connectivity index is 2.09. The van der Waals surface area contributed by atoms with Gasteiger partial charge in [-0.2, -0.15) is 0 Å². The molecule has 6 heteroatoms. The standard InChI is InChI=1S/C12H11BrN2O2S/c1-15-5-8(13)7-4-9(18-10(7)12(15)17)11(16)14-6-2-3-6/h4-6H,2-3H2,1H3,(H,14,16). The molecule has 4 nitrogen and oxygen atoms in total. The van der Waals surface area contributed by atoms with Gasteiger partial charge in [0.1, 0.15) is 4.70 Å². The van der Waals surface area contributed by atoms with Gasteiger partial charge >= 0.3 is 0 Å². The molecule has 2 aromatic rings. The smallest absolute Gasteiger partial charge is 0.268 e. The molecule has 2 heterocycles. The zero-order chi connectivity index (χ0) is 12.9. The van der Waals surface area contributed by atoms with Crippen LogP contribution in [-0.2, 0) is 7.05 Å². The highest BCUT2D eigenvalue weighted by Crippen LogP contribution is 2.29. The van der Waals surface area contributed by atoms with Crippen LogP contribution in [0.2, 0.25) is 0 Å². The summed E-state index contributed by atoms with van der Waals surface area (Å²) < 4.78 is 2.97. The van der Waals surface area contributed by atoms with Crippen LogP contribution >= 0.6 is 27.3 Å². The van der Waals surface area contributed by atoms with Crippen molar-refractivity contribution in [2.45, 2.75) is 18.9 Å². The zero-order valence-electron chi connectivity index (χ0n) is 9.70. The van der Waals surface area contributed by atoms with Gasteiger partial charge in [0.05, 0.1) is 4.88 Å². The monoisotopic (exact) mass is 326 g/mol. The van der Waals surface area contributed by atoms with Crippen LogP contribution in [-0.4, -0.2) is 16.5 Å². The van der Waals surface area contributed by atoms with Crippen molar-refractivity contribution >= 4 is 43.3 Å². The molecule has 18 heavy (non-hydrogen) atoms. The molecule has 0 radical (unpaired) electrons. The minimum absolute atomic E-state index is 0.0660. The third-order valence-corrected chi connectivity index (χ3v) is 4.70. The largest absolute Gasteiger partial charge is 0.349 e. The summed E-state index contributed by atoms with van der Waals surface area (Å²) in [5.41, 5.74) is -0.0660. The van der Waals surface area contributed by atoms with Gasteiger partial charge in [-0.05, 0) is 34.8 Å². The van der Waals surface area contributed by atoms with E-state index in [1.165, 1.54) is 15.9 Å². The molecule has 1 fully saturated rings. The topological polar surface area (TPSA) is 51.1 Å². The van der Waals surface area contributed by atoms with Gasteiger partial charge < -0.3 is 9.88 Å². The van der Waals surface area contributed by atoms with Crippen LogP contribution in [0.1, 0.15) is 22.5 Å². The molecule has 0 aromatic carbocycles. The van der Waals surface area contributed by atoms with Crippen LogP contribution in [0, 0.1) is 0 Å². The van der Waals surface area contributed by atoms with Crippen molar-refractivity contribution in [1.82, 2.24) is 9.88 Å². The number of rotatable bonds is 2. The van der Waals surface area contributed by atoms with Crippen LogP contribution < -0.4 is 10.9 Å². The Bertz CT molecular complexity index is 700. The van der Waals surface area contributed by atoms with E-state index in [0.29, 0.717) is 15.6 Å². The van der Waals surface area contributed by atoms with Gasteiger partial charge in [-0.3, -0.25) is 9.59 Å². The summed E-state index contributed by atoms with van der Waals surface area (Å²) in [7, 11) is 1.70. The van der Waals surface area contributed by atoms with E-state index >= 15 is 0 Å². The number of thiophene rings is 1. The second kappa shape index (κ2) is 4.20. The molecule has 0 bridgehead atoms. The van der Waals surface area contributed by atoms with E-state index in [9.17, 15) is 9.59 Å². The SMILES string of the molecule is Cn1cc(Br)c2cc(C(=O)NC3CC3)sc2c1=O. The lowest BCUT2D eigenvalue weighted by Gasteiger charge is -1.98. The number of carbonyl (C=O) groups is 1. The number of hydrogen-bond acceptors (Lipinski definition) is 3. The van der Waals surface area contributed by atoms with Crippen molar-refractivity contribution in [2.75, 3.05) is 0 Å². The molecule has 0 saturated heterocycles. The van der Waals surface area contributed by atoms with Gasteiger partial charge in [0, 0.05) is 29.1 Å². The molecule has 1 aliphatic carbocycles. The molecule has 2 aromatic heterocycles. The minimum atomic E-state index is -0.0762. The van der Waals surface area contributed by atoms with Crippen LogP contribution in [0.5, 0.6) is 0 Å². The van der Waals surface area contributed by atoms with Crippen molar-refractivity contribution in [3.63, 3.8) is 0 Å². The number of amides is 1. The van der Waals surface area contributed by atoms with Crippen molar-refractivity contribution in [3.8, 4) is 0 Å². The summed E-state index contributed by atoms with van der Waals surface area (Å²) in [6, 6.07) is 2.11. The molecule has 0 unspecified atom stereocenters. The average Bonchev–Trinajstić information content (AvgIpc) is 3.01. The van der Waals surface area contributed by atoms with Gasteiger partial charge in [-0.25, -0.2) is 0 Å². The average molecular weight is 327 g/mol. The van der Waals surface area contributed by atoms with Crippen molar-refractivity contribution in [1.29, 1.82) is 0 Å². The molecule has 0 spiro atoms. The number of nitrogens with one attached hydrogen (secondary N) is 1. The summed E-state index contributed by atoms with van der Waals surface area (Å²) in [6.07, 6.45) is 3.84. The Morgan fingerprint density at radius 1 is 1.56 bits per heavy atom. The first-order valence-corrected chi connectivity index (χ1v) is 7.27. The highest BCUT2D eigenvalue weighted by atomic mass is 79.9. The summed E-state index contributed by atoms with van der Waals surface area (Å²) in [5, 5.41) is 3.74. The quantitative estimate of drug-likeness (QED) is 0.920. The molecular weight excluding hydrogens is 316 g/mol. The lowest BCUT2D eigenvalue weighted by atomic mass is 10.3. The Hall–Kier alpha value is -1.14. The van der Waals surface area contributed by atoms with E-state index in [4.69, 9.17) is 0 Å². The predicted octanol–water partition coefficient (Wildman–Crippen LogP) is 2.25. The number of hydrogen-bond donors (Lipinski definition) is 1. The molecule has 1 N–H and O–H groups in total. The van der Waals surface area contributed by atoms with Crippen LogP contribution in [0.15, 0.2) is 21.5 Å². The number of nitrogens with zero attached hydrogens (tertiary/aromatic N) is 1. The van der Waals surface area contributed by atoms with Gasteiger partial charge in [0.15, 0.2) is 0 Å². The van der Waals surface area contributed by atoms with Gasteiger partial charge in [0.25, 0.3) is 11.5 Å². The molecule has 94 valence electrons. The Morgan fingerprint density at radius 3 is 2.94 bits per heavy atom. The van der Waals surface area contributed by atoms with Gasteiger partial charge in [0.2, 0.25) is 0 Å². The van der Waals surface area contributed by atoms with Crippen LogP contribution in [0.25, 0.3) is 10.1 Å². The first-order chi connectivity index (χ1) is 8.56. The zero-order valence-corrected chi connectivity index (χ0v) is 12.1. The highest BCUT2D eigenvalue weighted by molar-refractivity contribution is 9.10. The Kier molecular flexibility index (Phi) is 2.79. The molecule has 1 aliphatic rings. The Labute approximate surface area is 116 Å². The van der Waals surface area contributed by atoms with Gasteiger partial charge in [-0.1, -0.05) is 0 Å². The number of aromatic nitrogens is 1. The number of halogens is 1. The summed E-state index contributed by atoms with van der Waals surface area (Å²) in [4.78, 5) is 24.5. The number of fused-ring (bicyclic) bond motifs is 1. The maximum absolute atomic E-state index is 12.0. The maximum Gasteiger partial charge on any atom is 0.268 e. The normalized spacial score (nSPS) is 15.0. The lowest BCUT2D eigenvalue weighted by Crippen LogP contribution is -2.24. The van der Waals surface area contributed by atoms with Crippen LogP contribution in [0.4, 0.5) is 0 Å². The number of pyridine rings is 1. The third-order valence-electron chi connectivity index (χ3n) is 2.95. The van der Waals surface area contributed by atoms with Gasteiger partial charge in [-0.15, -0.1) is 11.3 Å². The summed E-state index contributed by atoms with van der Waals surface area (Å²) >= 11 is 4.68. The number of carbonyl (C=O) groups excluding carboxylic acids is 1. The molecule has 3 rings (SSSR count). The summed E-state index contributed by atoms with van der Waals surface area (Å²) in [5.74, 6) is -0.0762. The fourth-order valence-corrected chi connectivity index (χ4v) is 3.59. The van der Waals surface area contributed by atoms with E-state index in [1.54, 1.807) is 19.3 Å². The van der Waals surface area contributed by atoms with Crippen molar-refractivity contribution in [2.24, 2.45) is 7.05 Å². The number of aryl methyl sites for hydroxylation is 1. The predicted molar refractivity (Wildman–Crippen MR) is 75.3 cm³/mol. The van der Waals surface area contributed by atoms with E-state index in [-0.39, 0.29) is 11.5 Å². The first kappa shape index (κ1) is 11.9. The van der Waals surface area contributed by atoms with Crippen molar-refractivity contribution < 1.29 is 4.79 Å². The van der Waals surface area contributed by atoms with E-state index in [1.807, 2.05) is 0 Å². The van der Waals surface area contributed by atoms with Crippen LogP contribution in [0.3, 0.4) is 0 Å². The summed E-state index contributed by atoms with van der Waals surface area (Å²) in [6.45, 7) is 0. The first-order valence-electron chi connectivity index (χ1n) is 5.66. The highest BCUT2D eigenvalue weighted by Gasteiger charge is 2.25.